The van der Waals surface area contributed by atoms with Crippen molar-refractivity contribution in [2.24, 2.45) is 0 Å². The Hall–Kier alpha value is -1.87. The first-order chi connectivity index (χ1) is 8.13. The summed E-state index contributed by atoms with van der Waals surface area (Å²) >= 11 is 3.34. The minimum absolute atomic E-state index is 0.0144. The van der Waals surface area contributed by atoms with Gasteiger partial charge in [-0.05, 0) is 35.0 Å². The van der Waals surface area contributed by atoms with Gasteiger partial charge in [-0.15, -0.1) is 0 Å². The molecule has 0 bridgehead atoms. The molecule has 0 saturated carbocycles. The summed E-state index contributed by atoms with van der Waals surface area (Å²) in [5.74, 6) is -0.297. The molecule has 0 radical (unpaired) electrons. The maximum atomic E-state index is 11.9. The molecule has 2 rings (SSSR count). The maximum absolute atomic E-state index is 11.9. The number of rotatable bonds is 2. The quantitative estimate of drug-likeness (QED) is 0.856. The van der Waals surface area contributed by atoms with Gasteiger partial charge >= 0.3 is 0 Å². The van der Waals surface area contributed by atoms with E-state index in [0.717, 1.165) is 4.47 Å². The van der Waals surface area contributed by atoms with E-state index in [2.05, 4.69) is 26.2 Å². The highest BCUT2D eigenvalue weighted by Crippen LogP contribution is 2.16. The van der Waals surface area contributed by atoms with Gasteiger partial charge in [-0.3, -0.25) is 9.20 Å². The monoisotopic (exact) mass is 292 g/mol. The molecule has 17 heavy (non-hydrogen) atoms. The number of nitriles is 1. The predicted molar refractivity (Wildman–Crippen MR) is 65.6 cm³/mol. The van der Waals surface area contributed by atoms with Crippen molar-refractivity contribution in [2.75, 3.05) is 6.54 Å². The average molecular weight is 293 g/mol. The lowest BCUT2D eigenvalue weighted by molar-refractivity contribution is 0.0952. The van der Waals surface area contributed by atoms with Crippen LogP contribution in [-0.4, -0.2) is 21.8 Å². The molecule has 2 heterocycles. The molecule has 0 saturated heterocycles. The third-order valence-corrected chi connectivity index (χ3v) is 2.77. The molecular weight excluding hydrogens is 284 g/mol. The lowest BCUT2D eigenvalue weighted by Crippen LogP contribution is -2.25. The molecule has 2 aromatic heterocycles. The number of imidazole rings is 1. The summed E-state index contributed by atoms with van der Waals surface area (Å²) in [6, 6.07) is 5.55. The molecule has 1 N–H and O–H groups in total. The number of nitrogens with zero attached hydrogens (tertiary/aromatic N) is 3. The van der Waals surface area contributed by atoms with Gasteiger partial charge in [0.05, 0.1) is 11.8 Å². The van der Waals surface area contributed by atoms with E-state index in [4.69, 9.17) is 5.26 Å². The highest BCUT2D eigenvalue weighted by molar-refractivity contribution is 9.10. The first-order valence-electron chi connectivity index (χ1n) is 4.93. The van der Waals surface area contributed by atoms with Crippen LogP contribution in [-0.2, 0) is 0 Å². The number of halogens is 1. The lowest BCUT2D eigenvalue weighted by Gasteiger charge is -2.02. The molecule has 0 aliphatic carbocycles. The van der Waals surface area contributed by atoms with Crippen molar-refractivity contribution in [1.29, 1.82) is 5.26 Å². The van der Waals surface area contributed by atoms with Gasteiger partial charge in [0.2, 0.25) is 0 Å². The fourth-order valence-corrected chi connectivity index (χ4v) is 1.95. The number of hydrogen-bond acceptors (Lipinski definition) is 3. The second-order valence-electron chi connectivity index (χ2n) is 3.46. The minimum Gasteiger partial charge on any atom is -0.338 e. The third-order valence-electron chi connectivity index (χ3n) is 2.30. The summed E-state index contributed by atoms with van der Waals surface area (Å²) in [6.07, 6.45) is 1.77. The number of aryl methyl sites for hydroxylation is 1. The normalized spacial score (nSPS) is 10.2. The van der Waals surface area contributed by atoms with Crippen LogP contribution in [0.4, 0.5) is 0 Å². The van der Waals surface area contributed by atoms with Gasteiger partial charge in [0.1, 0.15) is 17.9 Å². The molecule has 5 nitrogen and oxygen atoms in total. The predicted octanol–water partition coefficient (Wildman–Crippen LogP) is 1.66. The van der Waals surface area contributed by atoms with Gasteiger partial charge in [0.25, 0.3) is 5.91 Å². The Morgan fingerprint density at radius 2 is 2.41 bits per heavy atom. The van der Waals surface area contributed by atoms with Gasteiger partial charge in [-0.2, -0.15) is 5.26 Å². The van der Waals surface area contributed by atoms with Crippen molar-refractivity contribution in [2.45, 2.75) is 6.92 Å². The summed E-state index contributed by atoms with van der Waals surface area (Å²) < 4.78 is 2.56. The van der Waals surface area contributed by atoms with Crippen LogP contribution in [0, 0.1) is 18.3 Å². The molecule has 2 aromatic rings. The van der Waals surface area contributed by atoms with Crippen LogP contribution in [0.2, 0.25) is 0 Å². The van der Waals surface area contributed by atoms with Crippen LogP contribution in [0.3, 0.4) is 0 Å². The number of hydrogen-bond donors (Lipinski definition) is 1. The minimum atomic E-state index is -0.297. The van der Waals surface area contributed by atoms with Crippen molar-refractivity contribution in [1.82, 2.24) is 14.7 Å². The molecule has 0 aliphatic heterocycles. The largest absolute Gasteiger partial charge is 0.338 e. The van der Waals surface area contributed by atoms with Crippen molar-refractivity contribution in [3.05, 3.63) is 34.2 Å². The number of carbonyl (C=O) groups is 1. The second kappa shape index (κ2) is 4.55. The van der Waals surface area contributed by atoms with E-state index in [-0.39, 0.29) is 12.5 Å². The number of nitrogens with one attached hydrogen (secondary N) is 1. The SMILES string of the molecule is Cc1nc2ccc(Br)cn2c1C(=O)NCC#N. The first-order valence-corrected chi connectivity index (χ1v) is 5.72. The molecule has 0 atom stereocenters. The van der Waals surface area contributed by atoms with Gasteiger partial charge in [-0.25, -0.2) is 4.98 Å². The van der Waals surface area contributed by atoms with Gasteiger partial charge in [-0.1, -0.05) is 0 Å². The molecule has 0 aliphatic rings. The Balaban J connectivity index is 2.52. The van der Waals surface area contributed by atoms with Crippen molar-refractivity contribution < 1.29 is 4.79 Å². The van der Waals surface area contributed by atoms with Crippen LogP contribution < -0.4 is 5.32 Å². The van der Waals surface area contributed by atoms with Crippen molar-refractivity contribution in [3.8, 4) is 6.07 Å². The average Bonchev–Trinajstić information content (AvgIpc) is 2.61. The Labute approximate surface area is 106 Å². The Kier molecular flexibility index (Phi) is 3.11. The fraction of sp³-hybridized carbons (Fsp3) is 0.182. The Morgan fingerprint density at radius 3 is 3.12 bits per heavy atom. The van der Waals surface area contributed by atoms with Gasteiger partial charge in [0.15, 0.2) is 0 Å². The molecule has 0 spiro atoms. The summed E-state index contributed by atoms with van der Waals surface area (Å²) in [5.41, 5.74) is 1.79. The standard InChI is InChI=1S/C11H9BrN4O/c1-7-10(11(17)14-5-4-13)16-6-8(12)2-3-9(16)15-7/h2-3,6H,5H2,1H3,(H,14,17). The number of carbonyl (C=O) groups excluding carboxylic acids is 1. The van der Waals surface area contributed by atoms with E-state index in [1.165, 1.54) is 0 Å². The van der Waals surface area contributed by atoms with E-state index in [9.17, 15) is 4.79 Å². The smallest absolute Gasteiger partial charge is 0.271 e. The van der Waals surface area contributed by atoms with Crippen LogP contribution in [0.1, 0.15) is 16.2 Å². The van der Waals surface area contributed by atoms with Crippen molar-refractivity contribution in [3.63, 3.8) is 0 Å². The molecule has 0 aromatic carbocycles. The van der Waals surface area contributed by atoms with E-state index in [0.29, 0.717) is 17.0 Å². The van der Waals surface area contributed by atoms with E-state index >= 15 is 0 Å². The molecular formula is C11H9BrN4O. The number of amides is 1. The highest BCUT2D eigenvalue weighted by atomic mass is 79.9. The first kappa shape index (κ1) is 11.6. The molecule has 6 heteroatoms. The van der Waals surface area contributed by atoms with Crippen LogP contribution >= 0.6 is 15.9 Å². The number of aromatic nitrogens is 2. The summed E-state index contributed by atoms with van der Waals surface area (Å²) in [7, 11) is 0. The molecule has 86 valence electrons. The van der Waals surface area contributed by atoms with E-state index in [1.807, 2.05) is 18.2 Å². The Bertz CT molecular complexity index is 626. The zero-order valence-electron chi connectivity index (χ0n) is 9.07. The molecule has 0 unspecified atom stereocenters. The maximum Gasteiger partial charge on any atom is 0.271 e. The van der Waals surface area contributed by atoms with Crippen molar-refractivity contribution >= 4 is 27.5 Å². The topological polar surface area (TPSA) is 70.2 Å². The van der Waals surface area contributed by atoms with Crippen LogP contribution in [0.25, 0.3) is 5.65 Å². The van der Waals surface area contributed by atoms with Crippen LogP contribution in [0.5, 0.6) is 0 Å². The fourth-order valence-electron chi connectivity index (χ4n) is 1.61. The van der Waals surface area contributed by atoms with Crippen LogP contribution in [0.15, 0.2) is 22.8 Å². The molecule has 1 amide bonds. The summed E-state index contributed by atoms with van der Waals surface area (Å²) in [6.45, 7) is 1.75. The number of pyridine rings is 1. The Morgan fingerprint density at radius 1 is 1.65 bits per heavy atom. The summed E-state index contributed by atoms with van der Waals surface area (Å²) in [4.78, 5) is 16.2. The third kappa shape index (κ3) is 2.15. The van der Waals surface area contributed by atoms with E-state index < -0.39 is 0 Å². The zero-order valence-corrected chi connectivity index (χ0v) is 10.7. The highest BCUT2D eigenvalue weighted by Gasteiger charge is 2.15. The summed E-state index contributed by atoms with van der Waals surface area (Å²) in [5, 5.41) is 11.0. The second-order valence-corrected chi connectivity index (χ2v) is 4.38. The number of fused-ring (bicyclic) bond motifs is 1. The lowest BCUT2D eigenvalue weighted by atomic mass is 10.3. The van der Waals surface area contributed by atoms with Gasteiger partial charge < -0.3 is 5.32 Å². The van der Waals surface area contributed by atoms with E-state index in [1.54, 1.807) is 17.5 Å². The molecule has 0 fully saturated rings. The zero-order chi connectivity index (χ0) is 12.4. The van der Waals surface area contributed by atoms with Gasteiger partial charge in [0, 0.05) is 10.7 Å².